The Hall–Kier alpha value is -9.89. The van der Waals surface area contributed by atoms with E-state index in [0.29, 0.717) is 0 Å². The second kappa shape index (κ2) is 23.0. The third kappa shape index (κ3) is 10.6. The Balaban J connectivity index is 1.06. The molecule has 0 amide bonds. The van der Waals surface area contributed by atoms with Crippen molar-refractivity contribution in [1.29, 1.82) is 0 Å². The van der Waals surface area contributed by atoms with Crippen molar-refractivity contribution >= 4 is 102 Å². The highest BCUT2D eigenvalue weighted by atomic mass is 15.2. The van der Waals surface area contributed by atoms with Crippen LogP contribution in [-0.4, -0.2) is 13.4 Å². The smallest absolute Gasteiger partial charge is 0.246 e. The van der Waals surface area contributed by atoms with Gasteiger partial charge >= 0.3 is 0 Å². The van der Waals surface area contributed by atoms with Gasteiger partial charge in [-0.1, -0.05) is 331 Å². The van der Waals surface area contributed by atoms with Crippen LogP contribution in [0.25, 0.3) is 66.1 Å². The van der Waals surface area contributed by atoms with Gasteiger partial charge in [0.1, 0.15) is 0 Å². The first-order valence-corrected chi connectivity index (χ1v) is 33.8. The van der Waals surface area contributed by atoms with Crippen molar-refractivity contribution in [3.63, 3.8) is 0 Å². The third-order valence-electron chi connectivity index (χ3n) is 20.1. The lowest BCUT2D eigenvalue weighted by molar-refractivity contribution is 0.568. The summed E-state index contributed by atoms with van der Waals surface area (Å²) < 4.78 is 0. The zero-order chi connectivity index (χ0) is 65.0. The highest BCUT2D eigenvalue weighted by Gasteiger charge is 2.43. The van der Waals surface area contributed by atoms with Crippen molar-refractivity contribution in [3.05, 3.63) is 301 Å². The van der Waals surface area contributed by atoms with Crippen LogP contribution >= 0.6 is 0 Å². The Morgan fingerprint density at radius 1 is 0.234 bits per heavy atom. The zero-order valence-corrected chi connectivity index (χ0v) is 56.6. The highest BCUT2D eigenvalue weighted by Crippen LogP contribution is 2.52. The SMILES string of the molecule is CC(C)(C)c1cc(N2c3ccccc3B(c3ccccc3)c3cc4c(cc32)N(c2cc(C(C)(C)C)cc(C(C)(C)C)c2)c2cc(-c3c5ccccc5c(-c5c(-c6ccccc6)cccc5-c5ccccc5)c5ccccc35)ccc2B4c2ccccc2)cc(C(C)(C)C)c1. The summed E-state index contributed by atoms with van der Waals surface area (Å²) in [7, 11) is 0. The van der Waals surface area contributed by atoms with E-state index in [1.807, 2.05) is 0 Å². The number of hydrogen-bond acceptors (Lipinski definition) is 2. The van der Waals surface area contributed by atoms with Gasteiger partial charge in [-0.25, -0.2) is 0 Å². The van der Waals surface area contributed by atoms with E-state index in [0.717, 1.165) is 5.69 Å². The minimum absolute atomic E-state index is 0.0415. The fourth-order valence-electron chi connectivity index (χ4n) is 15.2. The van der Waals surface area contributed by atoms with Crippen molar-refractivity contribution in [2.75, 3.05) is 9.80 Å². The second-order valence-electron chi connectivity index (χ2n) is 30.5. The van der Waals surface area contributed by atoms with Crippen molar-refractivity contribution in [2.24, 2.45) is 0 Å². The topological polar surface area (TPSA) is 6.48 Å². The zero-order valence-electron chi connectivity index (χ0n) is 56.6. The van der Waals surface area contributed by atoms with Gasteiger partial charge in [0.2, 0.25) is 13.4 Å². The molecule has 4 heteroatoms. The van der Waals surface area contributed by atoms with Gasteiger partial charge in [-0.2, -0.15) is 0 Å². The van der Waals surface area contributed by atoms with Gasteiger partial charge in [0.25, 0.3) is 0 Å². The maximum Gasteiger partial charge on any atom is 0.246 e. The van der Waals surface area contributed by atoms with E-state index in [2.05, 4.69) is 372 Å². The quantitative estimate of drug-likeness (QED) is 0.111. The number of anilines is 6. The summed E-state index contributed by atoms with van der Waals surface area (Å²) in [5.74, 6) is 0. The van der Waals surface area contributed by atoms with Gasteiger partial charge < -0.3 is 9.80 Å². The van der Waals surface area contributed by atoms with Gasteiger partial charge in [0.15, 0.2) is 0 Å². The molecule has 0 saturated heterocycles. The molecule has 0 atom stereocenters. The van der Waals surface area contributed by atoms with Crippen molar-refractivity contribution in [3.8, 4) is 44.5 Å². The van der Waals surface area contributed by atoms with E-state index in [1.165, 1.54) is 150 Å². The summed E-state index contributed by atoms with van der Waals surface area (Å²) in [6.07, 6.45) is 0. The Morgan fingerprint density at radius 3 is 1.01 bits per heavy atom. The van der Waals surface area contributed by atoms with Crippen LogP contribution in [0.4, 0.5) is 34.1 Å². The highest BCUT2D eigenvalue weighted by molar-refractivity contribution is 7.00. The van der Waals surface area contributed by atoms with Crippen LogP contribution in [0.2, 0.25) is 0 Å². The number of benzene rings is 13. The summed E-state index contributed by atoms with van der Waals surface area (Å²) >= 11 is 0. The van der Waals surface area contributed by atoms with E-state index in [-0.39, 0.29) is 35.1 Å². The molecule has 0 aromatic heterocycles. The van der Waals surface area contributed by atoms with E-state index in [4.69, 9.17) is 0 Å². The Morgan fingerprint density at radius 2 is 0.585 bits per heavy atom. The largest absolute Gasteiger partial charge is 0.311 e. The molecule has 458 valence electrons. The first-order chi connectivity index (χ1) is 45.2. The normalized spacial score (nSPS) is 13.2. The molecule has 0 saturated carbocycles. The number of nitrogens with zero attached hydrogens (tertiary/aromatic N) is 2. The van der Waals surface area contributed by atoms with Crippen LogP contribution < -0.4 is 42.6 Å². The van der Waals surface area contributed by atoms with Crippen LogP contribution in [0.1, 0.15) is 105 Å². The fourth-order valence-corrected chi connectivity index (χ4v) is 15.2. The Labute approximate surface area is 558 Å². The first-order valence-electron chi connectivity index (χ1n) is 33.8. The van der Waals surface area contributed by atoms with Crippen molar-refractivity contribution < 1.29 is 0 Å². The molecule has 15 rings (SSSR count). The lowest BCUT2D eigenvalue weighted by Crippen LogP contribution is -2.62. The molecule has 0 unspecified atom stereocenters. The van der Waals surface area contributed by atoms with Crippen LogP contribution in [0.15, 0.2) is 279 Å². The van der Waals surface area contributed by atoms with Gasteiger partial charge in [-0.3, -0.25) is 0 Å². The third-order valence-corrected chi connectivity index (χ3v) is 20.1. The van der Waals surface area contributed by atoms with E-state index in [1.54, 1.807) is 0 Å². The molecule has 0 spiro atoms. The molecular formula is C90H82B2N2. The standard InChI is InChI=1S/C90H82B2N2/c1-87(2,3)62-51-63(88(4,5)6)54-68(53-62)93-80-47-30-29-46-76(80)91(66-36-21-15-22-37-66)78-57-79-83(58-82(78)93)94(69-55-64(89(7,8)9)52-65(56-69)90(10,11)12)81-50-61(48-49-77(81)92(79)67-38-23-16-24-39-67)84-72-40-25-27-42-74(72)86(75-43-28-26-41-73(75)84)85-70(59-32-17-13-18-33-59)44-31-45-71(85)60-34-19-14-20-35-60/h13-58H,1-12H3. The molecule has 0 bridgehead atoms. The number of hydrogen-bond donors (Lipinski definition) is 0. The molecule has 2 aliphatic rings. The average molecular weight is 1210 g/mol. The van der Waals surface area contributed by atoms with Crippen LogP contribution in [0.3, 0.4) is 0 Å². The number of fused-ring (bicyclic) bond motifs is 6. The molecule has 2 heterocycles. The molecule has 0 aliphatic carbocycles. The molecule has 0 fully saturated rings. The summed E-state index contributed by atoms with van der Waals surface area (Å²) in [5.41, 5.74) is 29.2. The Kier molecular flexibility index (Phi) is 14.8. The van der Waals surface area contributed by atoms with Crippen LogP contribution in [0.5, 0.6) is 0 Å². The Bertz CT molecular complexity index is 4880. The van der Waals surface area contributed by atoms with E-state index >= 15 is 0 Å². The van der Waals surface area contributed by atoms with E-state index in [9.17, 15) is 0 Å². The molecular weight excluding hydrogens is 1130 g/mol. The first kappa shape index (κ1) is 60.4. The van der Waals surface area contributed by atoms with Gasteiger partial charge in [0, 0.05) is 34.1 Å². The maximum absolute atomic E-state index is 2.68. The van der Waals surface area contributed by atoms with E-state index < -0.39 is 0 Å². The average Bonchev–Trinajstić information content (AvgIpc) is 0.710. The van der Waals surface area contributed by atoms with Gasteiger partial charge in [-0.15, -0.1) is 0 Å². The lowest BCUT2D eigenvalue weighted by atomic mass is 9.31. The van der Waals surface area contributed by atoms with Crippen LogP contribution in [0, 0.1) is 0 Å². The molecule has 0 N–H and O–H groups in total. The summed E-state index contributed by atoms with van der Waals surface area (Å²) in [6.45, 7) is 28.2. The molecule has 13 aromatic rings. The molecule has 2 aliphatic heterocycles. The number of rotatable bonds is 8. The van der Waals surface area contributed by atoms with Crippen LogP contribution in [-0.2, 0) is 21.7 Å². The van der Waals surface area contributed by atoms with Crippen molar-refractivity contribution in [2.45, 2.75) is 105 Å². The predicted molar refractivity (Wildman–Crippen MR) is 410 cm³/mol. The van der Waals surface area contributed by atoms with Gasteiger partial charge in [0.05, 0.1) is 0 Å². The summed E-state index contributed by atoms with van der Waals surface area (Å²) in [6, 6.07) is 107. The van der Waals surface area contributed by atoms with Crippen molar-refractivity contribution in [1.82, 2.24) is 0 Å². The van der Waals surface area contributed by atoms with Gasteiger partial charge in [-0.05, 0) is 174 Å². The minimum Gasteiger partial charge on any atom is -0.311 e. The number of para-hydroxylation sites is 1. The summed E-state index contributed by atoms with van der Waals surface area (Å²) in [5, 5.41) is 4.87. The fraction of sp³-hybridized carbons (Fsp3) is 0.178. The maximum atomic E-state index is 2.68. The lowest BCUT2D eigenvalue weighted by Gasteiger charge is -2.43. The monoisotopic (exact) mass is 1210 g/mol. The molecule has 94 heavy (non-hydrogen) atoms. The minimum atomic E-state index is -0.146. The second-order valence-corrected chi connectivity index (χ2v) is 30.5. The molecule has 13 aromatic carbocycles. The molecule has 2 nitrogen and oxygen atoms in total. The predicted octanol–water partition coefficient (Wildman–Crippen LogP) is 20.4. The molecule has 0 radical (unpaired) electrons. The summed E-state index contributed by atoms with van der Waals surface area (Å²) in [4.78, 5) is 5.31.